The SMILES string of the molecule is CC(C)(C)OC(=O)N1CCc2cnc(OCC(F)F)nc2CC1. The van der Waals surface area contributed by atoms with Crippen LogP contribution in [0.5, 0.6) is 6.01 Å². The highest BCUT2D eigenvalue weighted by atomic mass is 19.3. The summed E-state index contributed by atoms with van der Waals surface area (Å²) in [6.07, 6.45) is -0.277. The molecule has 0 aromatic carbocycles. The molecule has 1 aromatic heterocycles. The summed E-state index contributed by atoms with van der Waals surface area (Å²) in [6, 6.07) is -0.0604. The van der Waals surface area contributed by atoms with Crippen LogP contribution in [-0.2, 0) is 17.6 Å². The molecule has 0 saturated heterocycles. The second-order valence-corrected chi connectivity index (χ2v) is 6.29. The lowest BCUT2D eigenvalue weighted by molar-refractivity contribution is 0.0258. The molecule has 0 radical (unpaired) electrons. The van der Waals surface area contributed by atoms with E-state index in [1.165, 1.54) is 0 Å². The molecule has 0 fully saturated rings. The van der Waals surface area contributed by atoms with Crippen molar-refractivity contribution in [1.82, 2.24) is 14.9 Å². The van der Waals surface area contributed by atoms with Gasteiger partial charge in [-0.25, -0.2) is 18.6 Å². The number of fused-ring (bicyclic) bond motifs is 1. The van der Waals surface area contributed by atoms with Gasteiger partial charge in [-0.1, -0.05) is 0 Å². The lowest BCUT2D eigenvalue weighted by Gasteiger charge is -2.26. The third kappa shape index (κ3) is 5.30. The van der Waals surface area contributed by atoms with Crippen LogP contribution >= 0.6 is 0 Å². The number of rotatable bonds is 3. The maximum absolute atomic E-state index is 12.2. The van der Waals surface area contributed by atoms with E-state index in [-0.39, 0.29) is 12.1 Å². The van der Waals surface area contributed by atoms with Gasteiger partial charge in [0.1, 0.15) is 5.60 Å². The van der Waals surface area contributed by atoms with E-state index >= 15 is 0 Å². The van der Waals surface area contributed by atoms with Gasteiger partial charge in [0.05, 0.1) is 5.69 Å². The van der Waals surface area contributed by atoms with E-state index in [0.29, 0.717) is 25.9 Å². The molecule has 0 unspecified atom stereocenters. The zero-order valence-corrected chi connectivity index (χ0v) is 13.5. The summed E-state index contributed by atoms with van der Waals surface area (Å²) < 4.78 is 34.5. The molecule has 128 valence electrons. The Labute approximate surface area is 133 Å². The normalized spacial score (nSPS) is 15.1. The molecular formula is C15H21F2N3O3. The molecule has 6 nitrogen and oxygen atoms in total. The zero-order chi connectivity index (χ0) is 17.0. The third-order valence-electron chi connectivity index (χ3n) is 3.19. The number of amides is 1. The largest absolute Gasteiger partial charge is 0.457 e. The molecule has 1 aromatic rings. The number of ether oxygens (including phenoxy) is 2. The Morgan fingerprint density at radius 3 is 2.70 bits per heavy atom. The van der Waals surface area contributed by atoms with E-state index in [1.54, 1.807) is 11.1 Å². The van der Waals surface area contributed by atoms with Crippen molar-refractivity contribution in [1.29, 1.82) is 0 Å². The summed E-state index contributed by atoms with van der Waals surface area (Å²) in [4.78, 5) is 21.8. The van der Waals surface area contributed by atoms with Crippen LogP contribution in [-0.4, -0.2) is 52.7 Å². The van der Waals surface area contributed by atoms with Gasteiger partial charge in [0.2, 0.25) is 0 Å². The summed E-state index contributed by atoms with van der Waals surface area (Å²) in [5, 5.41) is 0. The summed E-state index contributed by atoms with van der Waals surface area (Å²) in [5.41, 5.74) is 1.06. The highest BCUT2D eigenvalue weighted by molar-refractivity contribution is 5.68. The Kier molecular flexibility index (Phi) is 5.33. The van der Waals surface area contributed by atoms with E-state index < -0.39 is 18.6 Å². The van der Waals surface area contributed by atoms with Crippen LogP contribution in [0.4, 0.5) is 13.6 Å². The average Bonchev–Trinajstić information content (AvgIpc) is 2.65. The van der Waals surface area contributed by atoms with Crippen molar-refractivity contribution in [3.05, 3.63) is 17.5 Å². The summed E-state index contributed by atoms with van der Waals surface area (Å²) >= 11 is 0. The van der Waals surface area contributed by atoms with Crippen LogP contribution in [0.15, 0.2) is 6.20 Å². The van der Waals surface area contributed by atoms with Crippen molar-refractivity contribution in [2.75, 3.05) is 19.7 Å². The second kappa shape index (κ2) is 7.06. The summed E-state index contributed by atoms with van der Waals surface area (Å²) in [7, 11) is 0. The van der Waals surface area contributed by atoms with Crippen LogP contribution in [0.2, 0.25) is 0 Å². The molecule has 0 saturated carbocycles. The quantitative estimate of drug-likeness (QED) is 0.852. The van der Waals surface area contributed by atoms with E-state index in [1.807, 2.05) is 20.8 Å². The Morgan fingerprint density at radius 1 is 1.35 bits per heavy atom. The summed E-state index contributed by atoms with van der Waals surface area (Å²) in [5.74, 6) is 0. The molecule has 23 heavy (non-hydrogen) atoms. The maximum atomic E-state index is 12.2. The number of alkyl halides is 2. The van der Waals surface area contributed by atoms with Crippen molar-refractivity contribution < 1.29 is 23.0 Å². The number of nitrogens with zero attached hydrogens (tertiary/aromatic N) is 3. The van der Waals surface area contributed by atoms with Gasteiger partial charge in [-0.2, -0.15) is 4.98 Å². The Balaban J connectivity index is 2.01. The molecule has 2 rings (SSSR count). The second-order valence-electron chi connectivity index (χ2n) is 6.29. The molecule has 1 aliphatic rings. The number of carbonyl (C=O) groups excluding carboxylic acids is 1. The van der Waals surface area contributed by atoms with Crippen molar-refractivity contribution in [2.24, 2.45) is 0 Å². The number of carbonyl (C=O) groups is 1. The number of hydrogen-bond acceptors (Lipinski definition) is 5. The van der Waals surface area contributed by atoms with Gasteiger partial charge in [-0.05, 0) is 32.8 Å². The van der Waals surface area contributed by atoms with Gasteiger partial charge in [-0.3, -0.25) is 0 Å². The first-order chi connectivity index (χ1) is 10.7. The van der Waals surface area contributed by atoms with Gasteiger partial charge in [0.25, 0.3) is 6.43 Å². The fraction of sp³-hybridized carbons (Fsp3) is 0.667. The molecule has 0 bridgehead atoms. The van der Waals surface area contributed by atoms with Crippen LogP contribution in [0.1, 0.15) is 32.0 Å². The van der Waals surface area contributed by atoms with E-state index in [2.05, 4.69) is 9.97 Å². The fourth-order valence-corrected chi connectivity index (χ4v) is 2.17. The minimum atomic E-state index is -2.57. The smallest absolute Gasteiger partial charge is 0.410 e. The van der Waals surface area contributed by atoms with Gasteiger partial charge < -0.3 is 14.4 Å². The van der Waals surface area contributed by atoms with Gasteiger partial charge >= 0.3 is 12.1 Å². The zero-order valence-electron chi connectivity index (χ0n) is 13.5. The summed E-state index contributed by atoms with van der Waals surface area (Å²) in [6.45, 7) is 5.67. The highest BCUT2D eigenvalue weighted by Gasteiger charge is 2.25. The average molecular weight is 329 g/mol. The monoisotopic (exact) mass is 329 g/mol. The molecule has 0 atom stereocenters. The fourth-order valence-electron chi connectivity index (χ4n) is 2.17. The van der Waals surface area contributed by atoms with Crippen molar-refractivity contribution in [3.63, 3.8) is 0 Å². The Morgan fingerprint density at radius 2 is 2.04 bits per heavy atom. The lowest BCUT2D eigenvalue weighted by atomic mass is 10.1. The van der Waals surface area contributed by atoms with E-state index in [0.717, 1.165) is 11.3 Å². The first-order valence-electron chi connectivity index (χ1n) is 7.48. The van der Waals surface area contributed by atoms with Gasteiger partial charge in [0, 0.05) is 25.7 Å². The van der Waals surface area contributed by atoms with Crippen LogP contribution in [0, 0.1) is 0 Å². The van der Waals surface area contributed by atoms with Crippen LogP contribution in [0.3, 0.4) is 0 Å². The van der Waals surface area contributed by atoms with Crippen LogP contribution in [0.25, 0.3) is 0 Å². The molecule has 8 heteroatoms. The highest BCUT2D eigenvalue weighted by Crippen LogP contribution is 2.18. The third-order valence-corrected chi connectivity index (χ3v) is 3.19. The first-order valence-corrected chi connectivity index (χ1v) is 7.48. The minimum absolute atomic E-state index is 0.0604. The van der Waals surface area contributed by atoms with E-state index in [4.69, 9.17) is 9.47 Å². The lowest BCUT2D eigenvalue weighted by Crippen LogP contribution is -2.38. The predicted molar refractivity (Wildman–Crippen MR) is 78.7 cm³/mol. The number of halogens is 2. The Bertz CT molecular complexity index is 561. The standard InChI is InChI=1S/C15H21F2N3O3/c1-15(2,3)23-14(21)20-6-4-10-8-18-13(22-9-12(16)17)19-11(10)5-7-20/h8,12H,4-7,9H2,1-3H3. The molecule has 0 spiro atoms. The molecular weight excluding hydrogens is 308 g/mol. The molecule has 0 N–H and O–H groups in total. The molecule has 1 aliphatic heterocycles. The van der Waals surface area contributed by atoms with Crippen molar-refractivity contribution in [3.8, 4) is 6.01 Å². The van der Waals surface area contributed by atoms with Gasteiger partial charge in [0.15, 0.2) is 6.61 Å². The number of hydrogen-bond donors (Lipinski definition) is 0. The molecule has 0 aliphatic carbocycles. The molecule has 1 amide bonds. The minimum Gasteiger partial charge on any atom is -0.457 e. The van der Waals surface area contributed by atoms with Crippen molar-refractivity contribution >= 4 is 6.09 Å². The topological polar surface area (TPSA) is 64.5 Å². The number of aromatic nitrogens is 2. The first kappa shape index (κ1) is 17.4. The Hall–Kier alpha value is -1.99. The molecule has 2 heterocycles. The maximum Gasteiger partial charge on any atom is 0.410 e. The predicted octanol–water partition coefficient (Wildman–Crippen LogP) is 2.46. The van der Waals surface area contributed by atoms with Crippen molar-refractivity contribution in [2.45, 2.75) is 45.6 Å². The van der Waals surface area contributed by atoms with E-state index in [9.17, 15) is 13.6 Å². The van der Waals surface area contributed by atoms with Gasteiger partial charge in [-0.15, -0.1) is 0 Å². The van der Waals surface area contributed by atoms with Crippen LogP contribution < -0.4 is 4.74 Å².